The lowest BCUT2D eigenvalue weighted by Gasteiger charge is -1.95. The van der Waals surface area contributed by atoms with Crippen molar-refractivity contribution in [3.8, 4) is 0 Å². The molecule has 1 aliphatic heterocycles. The number of hydrogen-bond donors (Lipinski definition) is 1. The largest absolute Gasteiger partial charge is 0.295 e. The average Bonchev–Trinajstić information content (AvgIpc) is 1.87. The van der Waals surface area contributed by atoms with Crippen LogP contribution in [0, 0.1) is 7.05 Å². The molecule has 0 saturated heterocycles. The minimum absolute atomic E-state index is 0.748. The third kappa shape index (κ3) is 0.838. The van der Waals surface area contributed by atoms with Gasteiger partial charge in [0.2, 0.25) is 0 Å². The van der Waals surface area contributed by atoms with Crippen LogP contribution in [0.25, 0.3) is 0 Å². The van der Waals surface area contributed by atoms with E-state index in [0.29, 0.717) is 0 Å². The molecular formula is C4H7N3. The zero-order chi connectivity index (χ0) is 5.28. The van der Waals surface area contributed by atoms with Crippen molar-refractivity contribution in [2.45, 2.75) is 6.92 Å². The molecule has 0 radical (unpaired) electrons. The zero-order valence-corrected chi connectivity index (χ0v) is 4.18. The molecule has 0 aliphatic carbocycles. The number of amidine groups is 1. The molecule has 1 unspecified atom stereocenters. The molecule has 0 fully saturated rings. The molecule has 3 heteroatoms. The van der Waals surface area contributed by atoms with Crippen LogP contribution >= 0.6 is 0 Å². The number of nitrogens with one attached hydrogen (secondary N) is 1. The van der Waals surface area contributed by atoms with E-state index in [4.69, 9.17) is 0 Å². The summed E-state index contributed by atoms with van der Waals surface area (Å²) in [4.78, 5) is 3.84. The summed E-state index contributed by atoms with van der Waals surface area (Å²) in [5.41, 5.74) is 0. The fourth-order valence-electron chi connectivity index (χ4n) is 0.433. The molecule has 1 atom stereocenters. The Morgan fingerprint density at radius 1 is 1.86 bits per heavy atom. The lowest BCUT2D eigenvalue weighted by molar-refractivity contribution is -0.750. The predicted octanol–water partition coefficient (Wildman–Crippen LogP) is -0.962. The Hall–Kier alpha value is -0.700. The number of hydrogen-bond acceptors (Lipinski definition) is 2. The Labute approximate surface area is 42.3 Å². The Bertz CT molecular complexity index is 125. The maximum Gasteiger partial charge on any atom is 0.189 e. The summed E-state index contributed by atoms with van der Waals surface area (Å²) >= 11 is 0. The summed E-state index contributed by atoms with van der Waals surface area (Å²) in [6, 6.07) is 0. The summed E-state index contributed by atoms with van der Waals surface area (Å²) in [5.74, 6) is 0.796. The van der Waals surface area contributed by atoms with Crippen LogP contribution < -0.4 is 5.01 Å². The molecule has 7 heavy (non-hydrogen) atoms. The number of nitrogens with zero attached hydrogens (tertiary/aromatic N) is 2. The number of quaternary nitrogens is 1. The van der Waals surface area contributed by atoms with Crippen LogP contribution in [0.3, 0.4) is 0 Å². The Morgan fingerprint density at radius 2 is 2.57 bits per heavy atom. The molecule has 0 aromatic carbocycles. The molecule has 0 amide bonds. The van der Waals surface area contributed by atoms with Crippen molar-refractivity contribution < 1.29 is 5.01 Å². The molecule has 3 nitrogen and oxygen atoms in total. The minimum Gasteiger partial charge on any atom is -0.295 e. The molecule has 0 aromatic heterocycles. The third-order valence-corrected chi connectivity index (χ3v) is 0.706. The van der Waals surface area contributed by atoms with E-state index in [-0.39, 0.29) is 0 Å². The van der Waals surface area contributed by atoms with Gasteiger partial charge in [0.15, 0.2) is 12.2 Å². The van der Waals surface area contributed by atoms with Crippen molar-refractivity contribution in [1.82, 2.24) is 0 Å². The van der Waals surface area contributed by atoms with E-state index in [1.807, 2.05) is 6.92 Å². The average molecular weight is 97.1 g/mol. The highest BCUT2D eigenvalue weighted by Gasteiger charge is 1.97. The summed E-state index contributed by atoms with van der Waals surface area (Å²) in [7, 11) is 3.57. The molecule has 0 spiro atoms. The first kappa shape index (κ1) is 4.46. The Kier molecular flexibility index (Phi) is 0.906. The second-order valence-electron chi connectivity index (χ2n) is 1.41. The highest BCUT2D eigenvalue weighted by molar-refractivity contribution is 5.87. The van der Waals surface area contributed by atoms with E-state index in [1.165, 1.54) is 0 Å². The van der Waals surface area contributed by atoms with E-state index in [1.54, 1.807) is 6.34 Å². The van der Waals surface area contributed by atoms with Gasteiger partial charge in [-0.25, -0.2) is 0 Å². The van der Waals surface area contributed by atoms with E-state index in [9.17, 15) is 0 Å². The van der Waals surface area contributed by atoms with Crippen LogP contribution in [0.1, 0.15) is 6.92 Å². The van der Waals surface area contributed by atoms with Gasteiger partial charge >= 0.3 is 0 Å². The van der Waals surface area contributed by atoms with Crippen molar-refractivity contribution >= 4 is 12.2 Å². The van der Waals surface area contributed by atoms with Crippen molar-refractivity contribution in [3.05, 3.63) is 7.05 Å². The van der Waals surface area contributed by atoms with E-state index in [2.05, 4.69) is 17.1 Å². The molecule has 38 valence electrons. The normalized spacial score (nSPS) is 28.3. The van der Waals surface area contributed by atoms with Crippen LogP contribution in [0.15, 0.2) is 10.1 Å². The monoisotopic (exact) mass is 97.1 g/mol. The summed E-state index contributed by atoms with van der Waals surface area (Å²) in [6.45, 7) is 1.84. The first-order valence-electron chi connectivity index (χ1n) is 2.07. The number of rotatable bonds is 0. The maximum atomic E-state index is 3.89. The van der Waals surface area contributed by atoms with Gasteiger partial charge in [-0.2, -0.15) is 4.99 Å². The maximum absolute atomic E-state index is 3.89. The third-order valence-electron chi connectivity index (χ3n) is 0.706. The van der Waals surface area contributed by atoms with Gasteiger partial charge in [-0.1, -0.05) is 5.10 Å². The number of aliphatic imine (C=N–C) groups is 1. The summed E-state index contributed by atoms with van der Waals surface area (Å²) < 4.78 is 0. The van der Waals surface area contributed by atoms with Gasteiger partial charge in [0.25, 0.3) is 0 Å². The van der Waals surface area contributed by atoms with Crippen molar-refractivity contribution in [3.63, 3.8) is 0 Å². The lowest BCUT2D eigenvalue weighted by atomic mass is 10.7. The molecule has 0 saturated carbocycles. The zero-order valence-electron chi connectivity index (χ0n) is 4.18. The smallest absolute Gasteiger partial charge is 0.189 e. The lowest BCUT2D eigenvalue weighted by Crippen LogP contribution is -2.99. The van der Waals surface area contributed by atoms with Gasteiger partial charge in [0.05, 0.1) is 0 Å². The highest BCUT2D eigenvalue weighted by atomic mass is 15.5. The van der Waals surface area contributed by atoms with Crippen molar-refractivity contribution in [2.75, 3.05) is 0 Å². The van der Waals surface area contributed by atoms with Gasteiger partial charge in [-0.05, 0) is 0 Å². The Balaban J connectivity index is 2.69. The topological polar surface area (TPSA) is 29.2 Å². The van der Waals surface area contributed by atoms with Gasteiger partial charge in [0.1, 0.15) is 0 Å². The van der Waals surface area contributed by atoms with Gasteiger partial charge in [-0.3, -0.25) is 5.01 Å². The second kappa shape index (κ2) is 1.42. The molecule has 0 bridgehead atoms. The van der Waals surface area contributed by atoms with Crippen LogP contribution in [0.5, 0.6) is 0 Å². The molecule has 1 heterocycles. The van der Waals surface area contributed by atoms with Crippen LogP contribution in [0.2, 0.25) is 0 Å². The first-order chi connectivity index (χ1) is 3.29. The van der Waals surface area contributed by atoms with Gasteiger partial charge in [0, 0.05) is 6.92 Å². The Morgan fingerprint density at radius 3 is 2.71 bits per heavy atom. The molecule has 1 rings (SSSR count). The quantitative estimate of drug-likeness (QED) is 0.377. The first-order valence-corrected chi connectivity index (χ1v) is 2.07. The van der Waals surface area contributed by atoms with Crippen molar-refractivity contribution in [2.24, 2.45) is 10.1 Å². The standard InChI is InChI=1S/C4H7N3/c1-4-5-3-7(2)6-4/h3,7H,2H2,1H3. The molecular weight excluding hydrogens is 90.1 g/mol. The highest BCUT2D eigenvalue weighted by Crippen LogP contribution is 1.73. The van der Waals surface area contributed by atoms with Gasteiger partial charge in [-0.15, -0.1) is 7.05 Å². The predicted molar refractivity (Wildman–Crippen MR) is 27.9 cm³/mol. The molecule has 1 N–H and O–H groups in total. The van der Waals surface area contributed by atoms with E-state index < -0.39 is 0 Å². The van der Waals surface area contributed by atoms with E-state index in [0.717, 1.165) is 10.8 Å². The summed E-state index contributed by atoms with van der Waals surface area (Å²) in [6.07, 6.45) is 1.65. The second-order valence-corrected chi connectivity index (χ2v) is 1.41. The van der Waals surface area contributed by atoms with E-state index >= 15 is 0 Å². The summed E-state index contributed by atoms with van der Waals surface area (Å²) in [5, 5.41) is 4.64. The van der Waals surface area contributed by atoms with Crippen LogP contribution in [-0.4, -0.2) is 12.2 Å². The SMILES string of the molecule is [CH2-][NH+]1C=NC(C)=N1. The molecule has 0 aromatic rings. The van der Waals surface area contributed by atoms with Crippen LogP contribution in [-0.2, 0) is 0 Å². The minimum atomic E-state index is 0.748. The molecule has 1 aliphatic rings. The van der Waals surface area contributed by atoms with Gasteiger partial charge < -0.3 is 0 Å². The fourth-order valence-corrected chi connectivity index (χ4v) is 0.433. The van der Waals surface area contributed by atoms with Crippen LogP contribution in [0.4, 0.5) is 0 Å². The fraction of sp³-hybridized carbons (Fsp3) is 0.250. The van der Waals surface area contributed by atoms with Crippen molar-refractivity contribution in [1.29, 1.82) is 0 Å².